The average molecular weight is 136 g/mol. The summed E-state index contributed by atoms with van der Waals surface area (Å²) in [5.41, 5.74) is 0.606. The standard InChI is InChI=1S/C7H6NO2/c9-7(10)4-6-2-1-3-8-5-6/h1-3H,4H2,(H,9,10). The number of aliphatic carboxylic acids is 1. The summed E-state index contributed by atoms with van der Waals surface area (Å²) in [5.74, 6) is -0.857. The van der Waals surface area contributed by atoms with Gasteiger partial charge in [-0.15, -0.1) is 0 Å². The monoisotopic (exact) mass is 136 g/mol. The van der Waals surface area contributed by atoms with Crippen molar-refractivity contribution < 1.29 is 9.90 Å². The van der Waals surface area contributed by atoms with Gasteiger partial charge in [-0.25, -0.2) is 0 Å². The molecule has 0 bridgehead atoms. The van der Waals surface area contributed by atoms with Crippen LogP contribution in [0.15, 0.2) is 18.3 Å². The summed E-state index contributed by atoms with van der Waals surface area (Å²) in [6.45, 7) is 0. The molecule has 0 amide bonds. The van der Waals surface area contributed by atoms with E-state index in [4.69, 9.17) is 5.11 Å². The number of carboxylic acids is 1. The van der Waals surface area contributed by atoms with E-state index in [0.29, 0.717) is 5.56 Å². The molecule has 1 aromatic rings. The Bertz CT molecular complexity index is 220. The number of carboxylic acid groups (broad SMARTS) is 1. The molecule has 0 aliphatic heterocycles. The summed E-state index contributed by atoms with van der Waals surface area (Å²) < 4.78 is 0. The van der Waals surface area contributed by atoms with Crippen molar-refractivity contribution in [2.24, 2.45) is 0 Å². The van der Waals surface area contributed by atoms with Crippen LogP contribution in [0.5, 0.6) is 0 Å². The zero-order chi connectivity index (χ0) is 7.40. The van der Waals surface area contributed by atoms with E-state index in [1.807, 2.05) is 0 Å². The van der Waals surface area contributed by atoms with E-state index in [9.17, 15) is 4.79 Å². The van der Waals surface area contributed by atoms with Crippen molar-refractivity contribution in [3.63, 3.8) is 0 Å². The maximum Gasteiger partial charge on any atom is 0.307 e. The van der Waals surface area contributed by atoms with Gasteiger partial charge in [0, 0.05) is 6.20 Å². The van der Waals surface area contributed by atoms with Crippen LogP contribution in [-0.4, -0.2) is 16.1 Å². The highest BCUT2D eigenvalue weighted by molar-refractivity contribution is 5.69. The van der Waals surface area contributed by atoms with Crippen LogP contribution in [-0.2, 0) is 11.2 Å². The number of aromatic nitrogens is 1. The van der Waals surface area contributed by atoms with E-state index in [1.54, 1.807) is 18.3 Å². The Morgan fingerprint density at radius 2 is 2.60 bits per heavy atom. The Kier molecular flexibility index (Phi) is 1.99. The molecule has 3 nitrogen and oxygen atoms in total. The minimum Gasteiger partial charge on any atom is -0.481 e. The highest BCUT2D eigenvalue weighted by Crippen LogP contribution is 1.94. The van der Waals surface area contributed by atoms with Gasteiger partial charge in [-0.1, -0.05) is 6.07 Å². The molecule has 1 heterocycles. The van der Waals surface area contributed by atoms with Crippen LogP contribution in [0.2, 0.25) is 0 Å². The number of hydrogen-bond acceptors (Lipinski definition) is 2. The van der Waals surface area contributed by atoms with Crippen LogP contribution in [0.3, 0.4) is 0 Å². The Labute approximate surface area is 58.3 Å². The summed E-state index contributed by atoms with van der Waals surface area (Å²) in [5, 5.41) is 8.32. The molecule has 1 N–H and O–H groups in total. The fourth-order valence-electron chi connectivity index (χ4n) is 0.621. The van der Waals surface area contributed by atoms with Crippen molar-refractivity contribution in [1.82, 2.24) is 4.98 Å². The number of hydrogen-bond donors (Lipinski definition) is 1. The lowest BCUT2D eigenvalue weighted by molar-refractivity contribution is -0.136. The molecule has 10 heavy (non-hydrogen) atoms. The maximum atomic E-state index is 10.1. The predicted molar refractivity (Wildman–Crippen MR) is 34.4 cm³/mol. The number of carbonyl (C=O) groups is 1. The first kappa shape index (κ1) is 6.74. The Hall–Kier alpha value is -1.38. The van der Waals surface area contributed by atoms with E-state index >= 15 is 0 Å². The zero-order valence-electron chi connectivity index (χ0n) is 5.24. The molecule has 1 radical (unpaired) electrons. The quantitative estimate of drug-likeness (QED) is 0.644. The smallest absolute Gasteiger partial charge is 0.307 e. The molecule has 0 unspecified atom stereocenters. The summed E-state index contributed by atoms with van der Waals surface area (Å²) >= 11 is 0. The Morgan fingerprint density at radius 3 is 3.10 bits per heavy atom. The first-order valence-corrected chi connectivity index (χ1v) is 2.82. The summed E-state index contributed by atoms with van der Waals surface area (Å²) in [4.78, 5) is 13.8. The topological polar surface area (TPSA) is 50.2 Å². The van der Waals surface area contributed by atoms with Gasteiger partial charge < -0.3 is 5.11 Å². The minimum atomic E-state index is -0.857. The van der Waals surface area contributed by atoms with E-state index < -0.39 is 5.97 Å². The normalized spacial score (nSPS) is 9.20. The average Bonchev–Trinajstić information content (AvgIpc) is 1.88. The van der Waals surface area contributed by atoms with Gasteiger partial charge >= 0.3 is 5.97 Å². The van der Waals surface area contributed by atoms with Crippen LogP contribution >= 0.6 is 0 Å². The molecule has 51 valence electrons. The van der Waals surface area contributed by atoms with Crippen molar-refractivity contribution in [2.45, 2.75) is 6.42 Å². The van der Waals surface area contributed by atoms with Gasteiger partial charge in [0.15, 0.2) is 0 Å². The second-order valence-electron chi connectivity index (χ2n) is 1.84. The Balaban J connectivity index is 2.67. The molecule has 0 fully saturated rings. The number of rotatable bonds is 2. The molecule has 0 aromatic carbocycles. The molecule has 1 aromatic heterocycles. The van der Waals surface area contributed by atoms with E-state index in [1.165, 1.54) is 0 Å². The van der Waals surface area contributed by atoms with Crippen LogP contribution < -0.4 is 0 Å². The molecule has 3 heteroatoms. The molecule has 0 saturated carbocycles. The molecule has 0 saturated heterocycles. The summed E-state index contributed by atoms with van der Waals surface area (Å²) in [6.07, 6.45) is 4.12. The first-order chi connectivity index (χ1) is 4.79. The lowest BCUT2D eigenvalue weighted by Gasteiger charge is -1.90. The molecular weight excluding hydrogens is 130 g/mol. The van der Waals surface area contributed by atoms with Crippen LogP contribution in [0.25, 0.3) is 0 Å². The van der Waals surface area contributed by atoms with Crippen molar-refractivity contribution in [3.8, 4) is 0 Å². The molecule has 0 atom stereocenters. The molecular formula is C7H6NO2. The fourth-order valence-corrected chi connectivity index (χ4v) is 0.621. The number of pyridine rings is 1. The summed E-state index contributed by atoms with van der Waals surface area (Å²) in [6, 6.07) is 3.37. The molecule has 0 aliphatic carbocycles. The van der Waals surface area contributed by atoms with Crippen molar-refractivity contribution in [3.05, 3.63) is 30.1 Å². The van der Waals surface area contributed by atoms with Gasteiger partial charge in [-0.05, 0) is 11.6 Å². The fraction of sp³-hybridized carbons (Fsp3) is 0.143. The number of nitrogens with zero attached hydrogens (tertiary/aromatic N) is 1. The van der Waals surface area contributed by atoms with Gasteiger partial charge in [0.25, 0.3) is 0 Å². The Morgan fingerprint density at radius 1 is 1.80 bits per heavy atom. The van der Waals surface area contributed by atoms with Gasteiger partial charge in [0.1, 0.15) is 0 Å². The van der Waals surface area contributed by atoms with Crippen LogP contribution in [0.1, 0.15) is 5.56 Å². The molecule has 1 rings (SSSR count). The SMILES string of the molecule is O=C(O)Cc1[c]nccc1. The van der Waals surface area contributed by atoms with E-state index in [-0.39, 0.29) is 6.42 Å². The van der Waals surface area contributed by atoms with Gasteiger partial charge in [-0.3, -0.25) is 9.78 Å². The second kappa shape index (κ2) is 2.96. The maximum absolute atomic E-state index is 10.1. The van der Waals surface area contributed by atoms with Crippen LogP contribution in [0.4, 0.5) is 0 Å². The highest BCUT2D eigenvalue weighted by atomic mass is 16.4. The second-order valence-corrected chi connectivity index (χ2v) is 1.84. The van der Waals surface area contributed by atoms with Crippen molar-refractivity contribution in [2.75, 3.05) is 0 Å². The first-order valence-electron chi connectivity index (χ1n) is 2.82. The van der Waals surface area contributed by atoms with Crippen LogP contribution in [0, 0.1) is 6.20 Å². The minimum absolute atomic E-state index is 0.00611. The van der Waals surface area contributed by atoms with Crippen molar-refractivity contribution in [1.29, 1.82) is 0 Å². The predicted octanol–water partition coefficient (Wildman–Crippen LogP) is 0.509. The molecule has 0 aliphatic rings. The largest absolute Gasteiger partial charge is 0.481 e. The third-order valence-corrected chi connectivity index (χ3v) is 1.01. The van der Waals surface area contributed by atoms with E-state index in [2.05, 4.69) is 11.2 Å². The summed E-state index contributed by atoms with van der Waals surface area (Å²) in [7, 11) is 0. The van der Waals surface area contributed by atoms with E-state index in [0.717, 1.165) is 0 Å². The third kappa shape index (κ3) is 1.85. The highest BCUT2D eigenvalue weighted by Gasteiger charge is 1.97. The lowest BCUT2D eigenvalue weighted by Crippen LogP contribution is -1.99. The van der Waals surface area contributed by atoms with Gasteiger partial charge in [-0.2, -0.15) is 0 Å². The van der Waals surface area contributed by atoms with Gasteiger partial charge in [0.2, 0.25) is 0 Å². The van der Waals surface area contributed by atoms with Gasteiger partial charge in [0.05, 0.1) is 12.6 Å². The lowest BCUT2D eigenvalue weighted by atomic mass is 10.2. The zero-order valence-corrected chi connectivity index (χ0v) is 5.24. The third-order valence-electron chi connectivity index (χ3n) is 1.01. The molecule has 0 spiro atoms. The van der Waals surface area contributed by atoms with Crippen molar-refractivity contribution >= 4 is 5.97 Å².